The summed E-state index contributed by atoms with van der Waals surface area (Å²) in [6.07, 6.45) is 0.439. The zero-order valence-electron chi connectivity index (χ0n) is 14.6. The van der Waals surface area contributed by atoms with Crippen LogP contribution >= 0.6 is 0 Å². The summed E-state index contributed by atoms with van der Waals surface area (Å²) < 4.78 is 25.6. The van der Waals surface area contributed by atoms with Gasteiger partial charge in [-0.15, -0.1) is 0 Å². The van der Waals surface area contributed by atoms with E-state index in [1.807, 2.05) is 30.3 Å². The van der Waals surface area contributed by atoms with Crippen molar-refractivity contribution in [1.82, 2.24) is 9.21 Å². The number of carboxylic acid groups (broad SMARTS) is 1. The van der Waals surface area contributed by atoms with Gasteiger partial charge in [-0.25, -0.2) is 12.7 Å². The first kappa shape index (κ1) is 19.0. The first-order chi connectivity index (χ1) is 12.3. The Morgan fingerprint density at radius 3 is 2.15 bits per heavy atom. The first-order valence-electron chi connectivity index (χ1n) is 8.86. The average Bonchev–Trinajstić information content (AvgIpc) is 2.63. The molecule has 7 nitrogen and oxygen atoms in total. The van der Waals surface area contributed by atoms with Crippen LogP contribution in [0.1, 0.15) is 31.2 Å². The largest absolute Gasteiger partial charge is 0.480 e. The molecule has 2 saturated heterocycles. The molecule has 26 heavy (non-hydrogen) atoms. The van der Waals surface area contributed by atoms with E-state index in [9.17, 15) is 23.1 Å². The first-order valence-corrected chi connectivity index (χ1v) is 10.3. The van der Waals surface area contributed by atoms with E-state index < -0.39 is 20.7 Å². The van der Waals surface area contributed by atoms with Crippen LogP contribution < -0.4 is 0 Å². The van der Waals surface area contributed by atoms with Crippen molar-refractivity contribution in [1.29, 1.82) is 0 Å². The van der Waals surface area contributed by atoms with Crippen molar-refractivity contribution in [3.05, 3.63) is 35.9 Å². The summed E-state index contributed by atoms with van der Waals surface area (Å²) in [5, 5.41) is 9.79. The standard InChI is InChI=1S/C18H24N2O5S/c21-16-6-10-20(11-7-16)26(24,25)18(17(22)23)8-12-19(13-9-18)14-15-4-2-1-3-5-15/h1-5H,6-14H2,(H,22,23). The zero-order valence-corrected chi connectivity index (χ0v) is 15.5. The molecule has 0 atom stereocenters. The number of aliphatic carboxylic acids is 1. The van der Waals surface area contributed by atoms with Crippen molar-refractivity contribution >= 4 is 21.8 Å². The molecule has 0 aromatic heterocycles. The van der Waals surface area contributed by atoms with Crippen LogP contribution in [0.15, 0.2) is 30.3 Å². The van der Waals surface area contributed by atoms with Crippen LogP contribution in [0.25, 0.3) is 0 Å². The van der Waals surface area contributed by atoms with Crippen LogP contribution in [-0.4, -0.2) is 65.4 Å². The summed E-state index contributed by atoms with van der Waals surface area (Å²) in [5.41, 5.74) is 1.12. The lowest BCUT2D eigenvalue weighted by molar-refractivity contribution is -0.141. The monoisotopic (exact) mass is 380 g/mol. The van der Waals surface area contributed by atoms with Gasteiger partial charge in [0.05, 0.1) is 0 Å². The number of carboxylic acids is 1. The maximum atomic E-state index is 13.1. The molecular weight excluding hydrogens is 356 g/mol. The van der Waals surface area contributed by atoms with Crippen LogP contribution in [0.5, 0.6) is 0 Å². The van der Waals surface area contributed by atoms with E-state index in [1.54, 1.807) is 0 Å². The second-order valence-electron chi connectivity index (χ2n) is 7.00. The molecule has 0 unspecified atom stereocenters. The molecule has 1 aromatic rings. The quantitative estimate of drug-likeness (QED) is 0.822. The molecule has 2 aliphatic rings. The number of sulfonamides is 1. The van der Waals surface area contributed by atoms with Gasteiger partial charge in [0.15, 0.2) is 4.75 Å². The average molecular weight is 380 g/mol. The lowest BCUT2D eigenvalue weighted by atomic mass is 9.95. The Labute approximate surface area is 153 Å². The van der Waals surface area contributed by atoms with Crippen molar-refractivity contribution < 1.29 is 23.1 Å². The molecule has 0 amide bonds. The van der Waals surface area contributed by atoms with Gasteiger partial charge in [0.1, 0.15) is 5.78 Å². The van der Waals surface area contributed by atoms with Crippen molar-refractivity contribution in [2.75, 3.05) is 26.2 Å². The summed E-state index contributed by atoms with van der Waals surface area (Å²) >= 11 is 0. The fourth-order valence-electron chi connectivity index (χ4n) is 3.72. The van der Waals surface area contributed by atoms with Gasteiger partial charge < -0.3 is 5.11 Å². The van der Waals surface area contributed by atoms with E-state index in [2.05, 4.69) is 4.90 Å². The zero-order chi connectivity index (χ0) is 18.8. The molecule has 142 valence electrons. The summed E-state index contributed by atoms with van der Waals surface area (Å²) in [7, 11) is -4.01. The van der Waals surface area contributed by atoms with Crippen LogP contribution in [-0.2, 0) is 26.2 Å². The van der Waals surface area contributed by atoms with Gasteiger partial charge in [-0.3, -0.25) is 14.5 Å². The lowest BCUT2D eigenvalue weighted by Crippen LogP contribution is -2.59. The van der Waals surface area contributed by atoms with Gasteiger partial charge in [-0.2, -0.15) is 0 Å². The Balaban J connectivity index is 1.73. The predicted octanol–water partition coefficient (Wildman–Crippen LogP) is 1.10. The summed E-state index contributed by atoms with van der Waals surface area (Å²) in [6.45, 7) is 1.67. The third-order valence-corrected chi connectivity index (χ3v) is 8.03. The summed E-state index contributed by atoms with van der Waals surface area (Å²) in [6, 6.07) is 9.83. The number of piperidine rings is 2. The number of ketones is 1. The fourth-order valence-corrected chi connectivity index (χ4v) is 5.80. The number of hydrogen-bond acceptors (Lipinski definition) is 5. The van der Waals surface area contributed by atoms with Crippen molar-refractivity contribution in [2.24, 2.45) is 0 Å². The number of carbonyl (C=O) groups excluding carboxylic acids is 1. The molecule has 0 radical (unpaired) electrons. The number of nitrogens with zero attached hydrogens (tertiary/aromatic N) is 2. The third-order valence-electron chi connectivity index (χ3n) is 5.42. The number of benzene rings is 1. The highest BCUT2D eigenvalue weighted by atomic mass is 32.2. The van der Waals surface area contributed by atoms with Crippen molar-refractivity contribution in [2.45, 2.75) is 37.0 Å². The second-order valence-corrected chi connectivity index (χ2v) is 9.25. The minimum atomic E-state index is -4.01. The van der Waals surface area contributed by atoms with E-state index in [4.69, 9.17) is 0 Å². The van der Waals surface area contributed by atoms with Crippen LogP contribution in [0, 0.1) is 0 Å². The second kappa shape index (κ2) is 7.46. The van der Waals surface area contributed by atoms with E-state index in [1.165, 1.54) is 4.31 Å². The molecule has 0 saturated carbocycles. The highest BCUT2D eigenvalue weighted by Gasteiger charge is 2.55. The minimum Gasteiger partial charge on any atom is -0.480 e. The number of Topliss-reactive ketones (excluding diaryl/α,β-unsaturated/α-hetero) is 1. The number of likely N-dealkylation sites (tertiary alicyclic amines) is 1. The maximum absolute atomic E-state index is 13.1. The molecule has 0 bridgehead atoms. The van der Waals surface area contributed by atoms with E-state index in [0.717, 1.165) is 5.56 Å². The van der Waals surface area contributed by atoms with Gasteiger partial charge in [0.2, 0.25) is 10.0 Å². The topological polar surface area (TPSA) is 95.0 Å². The van der Waals surface area contributed by atoms with Crippen LogP contribution in [0.3, 0.4) is 0 Å². The summed E-state index contributed by atoms with van der Waals surface area (Å²) in [5.74, 6) is -1.26. The molecule has 1 N–H and O–H groups in total. The van der Waals surface area contributed by atoms with Gasteiger partial charge in [-0.1, -0.05) is 30.3 Å². The SMILES string of the molecule is O=C1CCN(S(=O)(=O)C2(C(=O)O)CCN(Cc3ccccc3)CC2)CC1. The Kier molecular flexibility index (Phi) is 5.45. The number of rotatable bonds is 5. The van der Waals surface area contributed by atoms with Crippen LogP contribution in [0.4, 0.5) is 0 Å². The van der Waals surface area contributed by atoms with Crippen LogP contribution in [0.2, 0.25) is 0 Å². The molecule has 1 aromatic carbocycles. The Morgan fingerprint density at radius 2 is 1.62 bits per heavy atom. The molecule has 2 heterocycles. The minimum absolute atomic E-state index is 0.0264. The molecule has 2 aliphatic heterocycles. The number of carbonyl (C=O) groups is 2. The lowest BCUT2D eigenvalue weighted by Gasteiger charge is -2.41. The molecule has 8 heteroatoms. The van der Waals surface area contributed by atoms with E-state index in [0.29, 0.717) is 19.6 Å². The maximum Gasteiger partial charge on any atom is 0.326 e. The Hall–Kier alpha value is -1.77. The molecule has 3 rings (SSSR count). The van der Waals surface area contributed by atoms with Gasteiger partial charge in [-0.05, 0) is 18.4 Å². The Morgan fingerprint density at radius 1 is 1.04 bits per heavy atom. The van der Waals surface area contributed by atoms with Gasteiger partial charge >= 0.3 is 5.97 Å². The van der Waals surface area contributed by atoms with Crippen molar-refractivity contribution in [3.63, 3.8) is 0 Å². The number of hydrogen-bond donors (Lipinski definition) is 1. The summed E-state index contributed by atoms with van der Waals surface area (Å²) in [4.78, 5) is 25.5. The molecular formula is C18H24N2O5S. The smallest absolute Gasteiger partial charge is 0.326 e. The van der Waals surface area contributed by atoms with E-state index in [-0.39, 0.29) is 44.6 Å². The highest BCUT2D eigenvalue weighted by Crippen LogP contribution is 2.35. The van der Waals surface area contributed by atoms with Gasteiger partial charge in [0, 0.05) is 45.6 Å². The highest BCUT2D eigenvalue weighted by molar-refractivity contribution is 7.91. The van der Waals surface area contributed by atoms with Crippen molar-refractivity contribution in [3.8, 4) is 0 Å². The third kappa shape index (κ3) is 3.54. The molecule has 0 aliphatic carbocycles. The molecule has 0 spiro atoms. The van der Waals surface area contributed by atoms with E-state index >= 15 is 0 Å². The molecule has 2 fully saturated rings. The van der Waals surface area contributed by atoms with Gasteiger partial charge in [0.25, 0.3) is 0 Å². The Bertz CT molecular complexity index is 760. The fraction of sp³-hybridized carbons (Fsp3) is 0.556. The normalized spacial score (nSPS) is 22.2. The predicted molar refractivity (Wildman–Crippen MR) is 96.1 cm³/mol.